The maximum absolute atomic E-state index is 13.0. The minimum absolute atomic E-state index is 0.0107. The van der Waals surface area contributed by atoms with Crippen molar-refractivity contribution in [2.24, 2.45) is 5.92 Å². The number of nitrogens with zero attached hydrogens (tertiary/aromatic N) is 2. The molecule has 2 aliphatic heterocycles. The molecule has 2 saturated heterocycles. The van der Waals surface area contributed by atoms with Gasteiger partial charge in [-0.3, -0.25) is 9.59 Å². The molecule has 2 amide bonds. The van der Waals surface area contributed by atoms with Gasteiger partial charge in [0.1, 0.15) is 0 Å². The monoisotopic (exact) mass is 335 g/mol. The average Bonchev–Trinajstić information content (AvgIpc) is 2.82. The first-order valence-electron chi connectivity index (χ1n) is 8.00. The summed E-state index contributed by atoms with van der Waals surface area (Å²) in [6, 6.07) is 7.50. The van der Waals surface area contributed by atoms with Crippen molar-refractivity contribution in [1.29, 1.82) is 0 Å². The third-order valence-corrected chi connectivity index (χ3v) is 5.01. The first-order chi connectivity index (χ1) is 11.0. The summed E-state index contributed by atoms with van der Waals surface area (Å²) in [5.41, 5.74) is 0.924. The molecule has 6 heteroatoms. The Morgan fingerprint density at radius 1 is 1.39 bits per heavy atom. The van der Waals surface area contributed by atoms with Crippen molar-refractivity contribution in [3.05, 3.63) is 34.9 Å². The van der Waals surface area contributed by atoms with Crippen LogP contribution in [0, 0.1) is 5.92 Å². The average molecular weight is 336 g/mol. The molecule has 0 aliphatic carbocycles. The summed E-state index contributed by atoms with van der Waals surface area (Å²) in [4.78, 5) is 28.8. The lowest BCUT2D eigenvalue weighted by Gasteiger charge is -2.35. The Morgan fingerprint density at radius 2 is 2.17 bits per heavy atom. The van der Waals surface area contributed by atoms with E-state index in [-0.39, 0.29) is 36.2 Å². The molecule has 0 saturated carbocycles. The lowest BCUT2D eigenvalue weighted by atomic mass is 9.92. The molecule has 0 radical (unpaired) electrons. The third kappa shape index (κ3) is 3.21. The van der Waals surface area contributed by atoms with Gasteiger partial charge in [0.2, 0.25) is 11.8 Å². The summed E-state index contributed by atoms with van der Waals surface area (Å²) in [6.45, 7) is 4.25. The summed E-state index contributed by atoms with van der Waals surface area (Å²) in [7, 11) is 1.77. The number of hydrogen-bond donors (Lipinski definition) is 1. The molecular formula is C17H22ClN3O2. The Kier molecular flexibility index (Phi) is 4.60. The molecule has 1 N–H and O–H groups in total. The van der Waals surface area contributed by atoms with E-state index < -0.39 is 0 Å². The molecule has 1 aromatic carbocycles. The van der Waals surface area contributed by atoms with E-state index in [1.807, 2.05) is 23.1 Å². The Labute approximate surface area is 141 Å². The second-order valence-corrected chi connectivity index (χ2v) is 6.89. The second-order valence-electron chi connectivity index (χ2n) is 6.45. The first-order valence-corrected chi connectivity index (χ1v) is 8.38. The van der Waals surface area contributed by atoms with Crippen molar-refractivity contribution in [1.82, 2.24) is 15.1 Å². The van der Waals surface area contributed by atoms with Crippen LogP contribution in [0.2, 0.25) is 5.02 Å². The molecule has 5 nitrogen and oxygen atoms in total. The topological polar surface area (TPSA) is 52.7 Å². The van der Waals surface area contributed by atoms with Gasteiger partial charge in [-0.05, 0) is 24.6 Å². The smallest absolute Gasteiger partial charge is 0.228 e. The minimum atomic E-state index is -0.337. The molecule has 2 heterocycles. The lowest BCUT2D eigenvalue weighted by Crippen LogP contribution is -2.53. The fourth-order valence-corrected chi connectivity index (χ4v) is 3.80. The van der Waals surface area contributed by atoms with E-state index in [0.717, 1.165) is 12.1 Å². The fourth-order valence-electron chi connectivity index (χ4n) is 3.60. The first kappa shape index (κ1) is 16.3. The molecule has 3 unspecified atom stereocenters. The highest BCUT2D eigenvalue weighted by molar-refractivity contribution is 6.30. The van der Waals surface area contributed by atoms with Gasteiger partial charge in [-0.25, -0.2) is 0 Å². The minimum Gasteiger partial charge on any atom is -0.340 e. The molecule has 2 fully saturated rings. The SMILES string of the molecule is CC1CN(C(=O)C2CC(=O)N(C)C2c2cccc(Cl)c2)CCN1. The number of piperazine rings is 1. The van der Waals surface area contributed by atoms with E-state index >= 15 is 0 Å². The number of carbonyl (C=O) groups is 2. The van der Waals surface area contributed by atoms with E-state index in [9.17, 15) is 9.59 Å². The molecular weight excluding hydrogens is 314 g/mol. The number of hydrogen-bond acceptors (Lipinski definition) is 3. The Bertz CT molecular complexity index is 622. The molecule has 3 rings (SSSR count). The highest BCUT2D eigenvalue weighted by Crippen LogP contribution is 2.38. The van der Waals surface area contributed by atoms with Crippen molar-refractivity contribution in [3.63, 3.8) is 0 Å². The number of amides is 2. The van der Waals surface area contributed by atoms with Gasteiger partial charge >= 0.3 is 0 Å². The number of likely N-dealkylation sites (tertiary alicyclic amines) is 1. The van der Waals surface area contributed by atoms with Crippen molar-refractivity contribution >= 4 is 23.4 Å². The fraction of sp³-hybridized carbons (Fsp3) is 0.529. The van der Waals surface area contributed by atoms with Crippen LogP contribution in [0.1, 0.15) is 24.9 Å². The van der Waals surface area contributed by atoms with Crippen molar-refractivity contribution < 1.29 is 9.59 Å². The van der Waals surface area contributed by atoms with Gasteiger partial charge in [-0.1, -0.05) is 23.7 Å². The van der Waals surface area contributed by atoms with Gasteiger partial charge in [-0.15, -0.1) is 0 Å². The maximum Gasteiger partial charge on any atom is 0.228 e. The van der Waals surface area contributed by atoms with Gasteiger partial charge in [0.25, 0.3) is 0 Å². The molecule has 0 bridgehead atoms. The zero-order valence-electron chi connectivity index (χ0n) is 13.5. The van der Waals surface area contributed by atoms with Crippen LogP contribution in [-0.2, 0) is 9.59 Å². The van der Waals surface area contributed by atoms with Gasteiger partial charge in [0, 0.05) is 44.2 Å². The molecule has 3 atom stereocenters. The van der Waals surface area contributed by atoms with E-state index in [1.165, 1.54) is 0 Å². The van der Waals surface area contributed by atoms with E-state index in [4.69, 9.17) is 11.6 Å². The Morgan fingerprint density at radius 3 is 2.87 bits per heavy atom. The Balaban J connectivity index is 1.87. The van der Waals surface area contributed by atoms with Gasteiger partial charge < -0.3 is 15.1 Å². The Hall–Kier alpha value is -1.59. The van der Waals surface area contributed by atoms with Crippen LogP contribution in [0.4, 0.5) is 0 Å². The summed E-state index contributed by atoms with van der Waals surface area (Å²) in [5.74, 6) is -0.256. The maximum atomic E-state index is 13.0. The summed E-state index contributed by atoms with van der Waals surface area (Å²) in [6.07, 6.45) is 0.269. The summed E-state index contributed by atoms with van der Waals surface area (Å²) >= 11 is 6.10. The molecule has 2 aliphatic rings. The van der Waals surface area contributed by atoms with Crippen LogP contribution in [0.25, 0.3) is 0 Å². The molecule has 1 aromatic rings. The number of carbonyl (C=O) groups excluding carboxylic acids is 2. The van der Waals surface area contributed by atoms with Gasteiger partial charge in [0.05, 0.1) is 12.0 Å². The normalized spacial score (nSPS) is 28.3. The molecule has 0 spiro atoms. The van der Waals surface area contributed by atoms with E-state index in [1.54, 1.807) is 18.0 Å². The predicted octanol–water partition coefficient (Wildman–Crippen LogP) is 1.68. The van der Waals surface area contributed by atoms with Crippen LogP contribution in [0.15, 0.2) is 24.3 Å². The van der Waals surface area contributed by atoms with Crippen LogP contribution in [0.5, 0.6) is 0 Å². The third-order valence-electron chi connectivity index (χ3n) is 4.77. The standard InChI is InChI=1S/C17H22ClN3O2/c1-11-10-21(7-6-19-11)17(23)14-9-15(22)20(2)16(14)12-4-3-5-13(18)8-12/h3-5,8,11,14,16,19H,6-7,9-10H2,1-2H3. The molecule has 23 heavy (non-hydrogen) atoms. The molecule has 124 valence electrons. The zero-order valence-corrected chi connectivity index (χ0v) is 14.2. The summed E-state index contributed by atoms with van der Waals surface area (Å²) < 4.78 is 0. The van der Waals surface area contributed by atoms with Crippen LogP contribution < -0.4 is 5.32 Å². The van der Waals surface area contributed by atoms with Crippen LogP contribution in [-0.4, -0.2) is 54.3 Å². The summed E-state index contributed by atoms with van der Waals surface area (Å²) in [5, 5.41) is 3.96. The van der Waals surface area contributed by atoms with Crippen molar-refractivity contribution in [3.8, 4) is 0 Å². The second kappa shape index (κ2) is 6.49. The highest BCUT2D eigenvalue weighted by Gasteiger charge is 2.44. The van der Waals surface area contributed by atoms with E-state index in [2.05, 4.69) is 12.2 Å². The van der Waals surface area contributed by atoms with Gasteiger partial charge in [0.15, 0.2) is 0 Å². The number of rotatable bonds is 2. The highest BCUT2D eigenvalue weighted by atomic mass is 35.5. The number of halogens is 1. The van der Waals surface area contributed by atoms with Crippen LogP contribution >= 0.6 is 11.6 Å². The van der Waals surface area contributed by atoms with Crippen LogP contribution in [0.3, 0.4) is 0 Å². The largest absolute Gasteiger partial charge is 0.340 e. The van der Waals surface area contributed by atoms with Crippen molar-refractivity contribution in [2.75, 3.05) is 26.7 Å². The number of benzene rings is 1. The van der Waals surface area contributed by atoms with Crippen molar-refractivity contribution in [2.45, 2.75) is 25.4 Å². The predicted molar refractivity (Wildman–Crippen MR) is 89.1 cm³/mol. The van der Waals surface area contributed by atoms with Gasteiger partial charge in [-0.2, -0.15) is 0 Å². The molecule has 0 aromatic heterocycles. The quantitative estimate of drug-likeness (QED) is 0.894. The number of nitrogens with one attached hydrogen (secondary N) is 1. The zero-order chi connectivity index (χ0) is 16.6. The van der Waals surface area contributed by atoms with E-state index in [0.29, 0.717) is 18.1 Å². The lowest BCUT2D eigenvalue weighted by molar-refractivity contribution is -0.137.